The van der Waals surface area contributed by atoms with E-state index in [9.17, 15) is 0 Å². The molecule has 69 heavy (non-hydrogen) atoms. The number of hydrogen-bond donors (Lipinski definition) is 0. The lowest BCUT2D eigenvalue weighted by Crippen LogP contribution is -2.67. The van der Waals surface area contributed by atoms with Crippen LogP contribution in [0.25, 0.3) is 0 Å². The first-order valence-corrected chi connectivity index (χ1v) is 28.6. The quantitative estimate of drug-likeness (QED) is 0.0621. The van der Waals surface area contributed by atoms with Crippen LogP contribution in [0.5, 0.6) is 0 Å². The fourth-order valence-electron chi connectivity index (χ4n) is 9.04. The SMILES string of the molecule is CCS[C@@H]1O[C@H](CO[Si](C)(C)C(C)(C)C(C)C)[C@@H](O[C@H]2O[C@@H]3COC(c4ccccc4)O[C@H]3[C@H](OCc3ccccc3)[C@H]2OCc2ccccc2)[C@H](OCc2ccccc2)[C@H]1OCc1ccccc1. The molecular formula is C57H72O10SSi. The third kappa shape index (κ3) is 13.2. The first kappa shape index (κ1) is 51.6. The molecule has 5 aromatic rings. The Labute approximate surface area is 415 Å². The van der Waals surface area contributed by atoms with E-state index in [4.69, 9.17) is 47.1 Å². The minimum atomic E-state index is -2.37. The van der Waals surface area contributed by atoms with Crippen LogP contribution in [0.4, 0.5) is 0 Å². The fraction of sp³-hybridized carbons (Fsp3) is 0.474. The average Bonchev–Trinajstić information content (AvgIpc) is 3.37. The van der Waals surface area contributed by atoms with Crippen LogP contribution in [0.15, 0.2) is 152 Å². The molecule has 0 N–H and O–H groups in total. The van der Waals surface area contributed by atoms with E-state index in [1.165, 1.54) is 0 Å². The maximum atomic E-state index is 7.55. The van der Waals surface area contributed by atoms with Crippen LogP contribution < -0.4 is 0 Å². The standard InChI is InChI=1S/C57H72O10SSi/c1-8-68-56-53(61-37-44-30-20-12-21-31-44)51(59-35-42-26-16-10-17-27-42)49(47(65-56)39-63-69(6,7)57(4,5)40(2)3)67-55-52(60-36-43-28-18-11-19-29-43)50(58-34-41-24-14-9-15-25-41)48-46(64-55)38-62-54(66-48)45-32-22-13-23-33-45/h9-33,40,46-56H,8,34-39H2,1-7H3/t46-,47-,48-,49-,50+,51+,52-,53-,54?,55-,56+/m1/s1. The molecule has 0 bridgehead atoms. The van der Waals surface area contributed by atoms with Gasteiger partial charge in [-0.05, 0) is 52.1 Å². The Balaban J connectivity index is 1.19. The first-order valence-electron chi connectivity index (χ1n) is 24.7. The van der Waals surface area contributed by atoms with Gasteiger partial charge in [0, 0.05) is 5.56 Å². The summed E-state index contributed by atoms with van der Waals surface area (Å²) in [5, 5.41) is -0.0418. The van der Waals surface area contributed by atoms with E-state index in [1.54, 1.807) is 11.8 Å². The van der Waals surface area contributed by atoms with Gasteiger partial charge in [-0.25, -0.2) is 0 Å². The monoisotopic (exact) mass is 976 g/mol. The highest BCUT2D eigenvalue weighted by molar-refractivity contribution is 7.99. The number of hydrogen-bond acceptors (Lipinski definition) is 11. The topological polar surface area (TPSA) is 92.3 Å². The summed E-state index contributed by atoms with van der Waals surface area (Å²) in [4.78, 5) is 0. The van der Waals surface area contributed by atoms with Gasteiger partial charge < -0.3 is 47.1 Å². The largest absolute Gasteiger partial charge is 0.414 e. The van der Waals surface area contributed by atoms with Crippen molar-refractivity contribution >= 4 is 20.1 Å². The molecule has 370 valence electrons. The highest BCUT2D eigenvalue weighted by atomic mass is 32.2. The third-order valence-corrected chi connectivity index (χ3v) is 19.9. The smallest absolute Gasteiger partial charge is 0.192 e. The molecule has 8 rings (SSSR count). The lowest BCUT2D eigenvalue weighted by atomic mass is 9.95. The van der Waals surface area contributed by atoms with Gasteiger partial charge in [0.1, 0.15) is 54.3 Å². The lowest BCUT2D eigenvalue weighted by Gasteiger charge is -2.52. The minimum absolute atomic E-state index is 0.0418. The van der Waals surface area contributed by atoms with Crippen molar-refractivity contribution in [2.45, 2.75) is 146 Å². The van der Waals surface area contributed by atoms with Crippen molar-refractivity contribution in [3.05, 3.63) is 179 Å². The number of ether oxygens (including phenoxy) is 9. The summed E-state index contributed by atoms with van der Waals surface area (Å²) in [6, 6.07) is 50.7. The number of rotatable bonds is 22. The van der Waals surface area contributed by atoms with E-state index in [0.717, 1.165) is 33.6 Å². The average molecular weight is 977 g/mol. The van der Waals surface area contributed by atoms with Gasteiger partial charge >= 0.3 is 0 Å². The van der Waals surface area contributed by atoms with Crippen molar-refractivity contribution in [3.8, 4) is 0 Å². The van der Waals surface area contributed by atoms with Crippen LogP contribution in [-0.4, -0.2) is 87.8 Å². The van der Waals surface area contributed by atoms with Crippen molar-refractivity contribution in [2.24, 2.45) is 5.92 Å². The molecule has 11 atom stereocenters. The van der Waals surface area contributed by atoms with Gasteiger partial charge in [-0.1, -0.05) is 186 Å². The number of thioether (sulfide) groups is 1. The molecule has 0 aromatic heterocycles. The molecule has 12 heteroatoms. The summed E-state index contributed by atoms with van der Waals surface area (Å²) in [7, 11) is -2.37. The van der Waals surface area contributed by atoms with E-state index in [1.807, 2.05) is 103 Å². The summed E-state index contributed by atoms with van der Waals surface area (Å²) in [6.07, 6.45) is -6.70. The normalized spacial score (nSPS) is 27.5. The molecule has 3 aliphatic heterocycles. The first-order chi connectivity index (χ1) is 33.5. The van der Waals surface area contributed by atoms with Crippen LogP contribution in [0.2, 0.25) is 18.1 Å². The Hall–Kier alpha value is -3.73. The van der Waals surface area contributed by atoms with E-state index in [-0.39, 0.29) is 24.9 Å². The van der Waals surface area contributed by atoms with Crippen molar-refractivity contribution in [1.82, 2.24) is 0 Å². The van der Waals surface area contributed by atoms with Crippen molar-refractivity contribution in [1.29, 1.82) is 0 Å². The van der Waals surface area contributed by atoms with Gasteiger partial charge in [-0.15, -0.1) is 11.8 Å². The number of benzene rings is 5. The van der Waals surface area contributed by atoms with Crippen LogP contribution >= 0.6 is 11.8 Å². The second kappa shape index (κ2) is 24.6. The fourth-order valence-corrected chi connectivity index (χ4v) is 12.4. The van der Waals surface area contributed by atoms with Gasteiger partial charge in [0.15, 0.2) is 20.9 Å². The predicted molar refractivity (Wildman–Crippen MR) is 273 cm³/mol. The van der Waals surface area contributed by atoms with Crippen molar-refractivity contribution < 1.29 is 47.1 Å². The van der Waals surface area contributed by atoms with Gasteiger partial charge in [-0.2, -0.15) is 0 Å². The zero-order chi connectivity index (χ0) is 48.2. The molecule has 0 amide bonds. The van der Waals surface area contributed by atoms with Crippen LogP contribution in [0.1, 0.15) is 68.7 Å². The molecule has 0 saturated carbocycles. The van der Waals surface area contributed by atoms with Crippen LogP contribution in [0, 0.1) is 5.92 Å². The highest BCUT2D eigenvalue weighted by Crippen LogP contribution is 2.46. The predicted octanol–water partition coefficient (Wildman–Crippen LogP) is 11.7. The second-order valence-corrected chi connectivity index (χ2v) is 25.5. The Morgan fingerprint density at radius 1 is 0.580 bits per heavy atom. The van der Waals surface area contributed by atoms with E-state index >= 15 is 0 Å². The van der Waals surface area contributed by atoms with E-state index in [2.05, 4.69) is 96.2 Å². The summed E-state index contributed by atoms with van der Waals surface area (Å²) >= 11 is 1.70. The van der Waals surface area contributed by atoms with Gasteiger partial charge in [0.2, 0.25) is 0 Å². The van der Waals surface area contributed by atoms with Gasteiger partial charge in [-0.3, -0.25) is 0 Å². The third-order valence-electron chi connectivity index (χ3n) is 14.3. The van der Waals surface area contributed by atoms with Gasteiger partial charge in [0.05, 0.1) is 39.6 Å². The molecule has 3 heterocycles. The lowest BCUT2D eigenvalue weighted by molar-refractivity contribution is -0.388. The van der Waals surface area contributed by atoms with Crippen molar-refractivity contribution in [3.63, 3.8) is 0 Å². The summed E-state index contributed by atoms with van der Waals surface area (Å²) in [5.41, 5.74) is 4.62. The maximum absolute atomic E-state index is 7.55. The minimum Gasteiger partial charge on any atom is -0.414 e. The van der Waals surface area contributed by atoms with Crippen LogP contribution in [-0.2, 0) is 73.5 Å². The van der Waals surface area contributed by atoms with Gasteiger partial charge in [0.25, 0.3) is 0 Å². The highest BCUT2D eigenvalue weighted by Gasteiger charge is 2.56. The molecule has 5 aromatic carbocycles. The van der Waals surface area contributed by atoms with Crippen LogP contribution in [0.3, 0.4) is 0 Å². The molecular weight excluding hydrogens is 905 g/mol. The molecule has 0 aliphatic carbocycles. The number of fused-ring (bicyclic) bond motifs is 1. The summed E-state index contributed by atoms with van der Waals surface area (Å²) in [6.45, 7) is 17.7. The molecule has 0 radical (unpaired) electrons. The Morgan fingerprint density at radius 3 is 1.54 bits per heavy atom. The van der Waals surface area contributed by atoms with E-state index < -0.39 is 75.2 Å². The molecule has 1 unspecified atom stereocenters. The Kier molecular flexibility index (Phi) is 18.4. The molecule has 0 spiro atoms. The molecule has 3 aliphatic rings. The zero-order valence-electron chi connectivity index (χ0n) is 41.3. The van der Waals surface area contributed by atoms with Crippen molar-refractivity contribution in [2.75, 3.05) is 19.0 Å². The Bertz CT molecular complexity index is 2240. The maximum Gasteiger partial charge on any atom is 0.192 e. The summed E-state index contributed by atoms with van der Waals surface area (Å²) < 4.78 is 70.7. The molecule has 3 fully saturated rings. The summed E-state index contributed by atoms with van der Waals surface area (Å²) in [5.74, 6) is 1.20. The molecule has 3 saturated heterocycles. The second-order valence-electron chi connectivity index (χ2n) is 19.6. The zero-order valence-corrected chi connectivity index (χ0v) is 43.1. The molecule has 10 nitrogen and oxygen atoms in total. The Morgan fingerprint density at radius 2 is 1.04 bits per heavy atom. The van der Waals surface area contributed by atoms with E-state index in [0.29, 0.717) is 25.7 Å².